The fourth-order valence-electron chi connectivity index (χ4n) is 3.09. The minimum Gasteiger partial charge on any atom is -0.497 e. The van der Waals surface area contributed by atoms with Crippen molar-refractivity contribution in [3.63, 3.8) is 0 Å². The molecule has 0 aliphatic carbocycles. The molecule has 3 rings (SSSR count). The average Bonchev–Trinajstić information content (AvgIpc) is 3.22. The molecule has 1 aromatic carbocycles. The number of benzene rings is 1. The Hall–Kier alpha value is -2.96. The summed E-state index contributed by atoms with van der Waals surface area (Å²) >= 11 is 0. The van der Waals surface area contributed by atoms with Crippen molar-refractivity contribution in [2.75, 3.05) is 33.3 Å². The minimum atomic E-state index is -0.523. The monoisotopic (exact) mass is 371 g/mol. The summed E-state index contributed by atoms with van der Waals surface area (Å²) in [6.07, 6.45) is 1.48. The Morgan fingerprint density at radius 1 is 1.04 bits per heavy atom. The molecule has 1 saturated heterocycles. The molecule has 0 radical (unpaired) electrons. The molecule has 0 bridgehead atoms. The second-order valence-electron chi connectivity index (χ2n) is 7.04. The molecule has 3 amide bonds. The van der Waals surface area contributed by atoms with Gasteiger partial charge in [-0.1, -0.05) is 12.1 Å². The molecule has 0 atom stereocenters. The van der Waals surface area contributed by atoms with Gasteiger partial charge in [0.15, 0.2) is 5.76 Å². The maximum Gasteiger partial charge on any atom is 0.318 e. The van der Waals surface area contributed by atoms with Gasteiger partial charge in [0.2, 0.25) is 0 Å². The number of nitrogens with zero attached hydrogens (tertiary/aromatic N) is 2. The molecule has 0 unspecified atom stereocenters. The van der Waals surface area contributed by atoms with E-state index in [-0.39, 0.29) is 11.9 Å². The number of hydrogen-bond acceptors (Lipinski definition) is 4. The molecular weight excluding hydrogens is 346 g/mol. The number of rotatable bonds is 4. The van der Waals surface area contributed by atoms with Gasteiger partial charge in [-0.05, 0) is 43.7 Å². The van der Waals surface area contributed by atoms with Crippen LogP contribution >= 0.6 is 0 Å². The van der Waals surface area contributed by atoms with E-state index in [0.29, 0.717) is 31.9 Å². The summed E-state index contributed by atoms with van der Waals surface area (Å²) in [6, 6.07) is 10.8. The van der Waals surface area contributed by atoms with Crippen molar-refractivity contribution < 1.29 is 18.7 Å². The number of nitrogens with one attached hydrogen (secondary N) is 1. The zero-order chi connectivity index (χ0) is 19.4. The second-order valence-corrected chi connectivity index (χ2v) is 7.04. The first-order valence-electron chi connectivity index (χ1n) is 8.95. The Labute approximate surface area is 158 Å². The van der Waals surface area contributed by atoms with Crippen LogP contribution in [0.25, 0.3) is 0 Å². The van der Waals surface area contributed by atoms with Crippen molar-refractivity contribution in [1.82, 2.24) is 15.1 Å². The van der Waals surface area contributed by atoms with Crippen LogP contribution in [0.3, 0.4) is 0 Å². The summed E-state index contributed by atoms with van der Waals surface area (Å²) in [5.41, 5.74) is 0.466. The van der Waals surface area contributed by atoms with Gasteiger partial charge < -0.3 is 24.3 Å². The second kappa shape index (κ2) is 7.73. The highest BCUT2D eigenvalue weighted by molar-refractivity contribution is 5.91. The number of ether oxygens (including phenoxy) is 1. The molecule has 1 N–H and O–H groups in total. The van der Waals surface area contributed by atoms with Crippen LogP contribution in [0.2, 0.25) is 0 Å². The van der Waals surface area contributed by atoms with E-state index in [1.54, 1.807) is 29.0 Å². The van der Waals surface area contributed by atoms with Gasteiger partial charge in [-0.2, -0.15) is 0 Å². The lowest BCUT2D eigenvalue weighted by atomic mass is 9.94. The van der Waals surface area contributed by atoms with Gasteiger partial charge >= 0.3 is 6.03 Å². The zero-order valence-electron chi connectivity index (χ0n) is 15.9. The van der Waals surface area contributed by atoms with E-state index in [1.165, 1.54) is 6.26 Å². The van der Waals surface area contributed by atoms with Gasteiger partial charge in [0.05, 0.1) is 18.9 Å². The molecule has 2 aromatic rings. The van der Waals surface area contributed by atoms with Gasteiger partial charge in [0.1, 0.15) is 5.75 Å². The van der Waals surface area contributed by atoms with Crippen LogP contribution in [0.5, 0.6) is 5.75 Å². The van der Waals surface area contributed by atoms with Crippen molar-refractivity contribution in [1.29, 1.82) is 0 Å². The fourth-order valence-corrected chi connectivity index (χ4v) is 3.09. The largest absolute Gasteiger partial charge is 0.497 e. The van der Waals surface area contributed by atoms with Crippen molar-refractivity contribution in [3.8, 4) is 5.75 Å². The summed E-state index contributed by atoms with van der Waals surface area (Å²) < 4.78 is 10.3. The van der Waals surface area contributed by atoms with E-state index in [9.17, 15) is 9.59 Å². The van der Waals surface area contributed by atoms with Gasteiger partial charge in [0.25, 0.3) is 5.91 Å². The quantitative estimate of drug-likeness (QED) is 0.897. The van der Waals surface area contributed by atoms with Crippen LogP contribution in [0.1, 0.15) is 30.0 Å². The highest BCUT2D eigenvalue weighted by Gasteiger charge is 2.29. The van der Waals surface area contributed by atoms with E-state index in [4.69, 9.17) is 9.15 Å². The number of furan rings is 1. The Morgan fingerprint density at radius 3 is 2.22 bits per heavy atom. The fraction of sp³-hybridized carbons (Fsp3) is 0.400. The third-order valence-electron chi connectivity index (χ3n) is 4.82. The van der Waals surface area contributed by atoms with Crippen LogP contribution in [0.4, 0.5) is 4.79 Å². The Bertz CT molecular complexity index is 776. The molecule has 7 heteroatoms. The van der Waals surface area contributed by atoms with E-state index < -0.39 is 5.54 Å². The van der Waals surface area contributed by atoms with Crippen molar-refractivity contribution >= 4 is 11.9 Å². The molecule has 1 fully saturated rings. The Kier molecular flexibility index (Phi) is 5.39. The average molecular weight is 371 g/mol. The van der Waals surface area contributed by atoms with E-state index in [0.717, 1.165) is 11.3 Å². The van der Waals surface area contributed by atoms with E-state index in [1.807, 2.05) is 38.1 Å². The van der Waals surface area contributed by atoms with Crippen LogP contribution < -0.4 is 10.1 Å². The van der Waals surface area contributed by atoms with Gasteiger partial charge in [-0.15, -0.1) is 0 Å². The lowest BCUT2D eigenvalue weighted by Crippen LogP contribution is -2.55. The lowest BCUT2D eigenvalue weighted by molar-refractivity contribution is 0.0630. The molecular formula is C20H25N3O4. The smallest absolute Gasteiger partial charge is 0.318 e. The van der Waals surface area contributed by atoms with Gasteiger partial charge in [-0.3, -0.25) is 4.79 Å². The topological polar surface area (TPSA) is 75.0 Å². The Balaban J connectivity index is 1.56. The maximum atomic E-state index is 12.7. The lowest BCUT2D eigenvalue weighted by Gasteiger charge is -2.37. The molecule has 0 spiro atoms. The molecule has 27 heavy (non-hydrogen) atoms. The van der Waals surface area contributed by atoms with Crippen molar-refractivity contribution in [2.24, 2.45) is 0 Å². The SMILES string of the molecule is COc1ccc(C(C)(C)NC(=O)N2CCN(C(=O)c3ccco3)CC2)cc1. The molecule has 7 nitrogen and oxygen atoms in total. The normalized spacial score (nSPS) is 14.8. The van der Waals surface area contributed by atoms with E-state index >= 15 is 0 Å². The maximum absolute atomic E-state index is 12.7. The third-order valence-corrected chi connectivity index (χ3v) is 4.82. The van der Waals surface area contributed by atoms with Gasteiger partial charge in [-0.25, -0.2) is 4.79 Å². The zero-order valence-corrected chi connectivity index (χ0v) is 15.9. The summed E-state index contributed by atoms with van der Waals surface area (Å²) in [5, 5.41) is 3.08. The van der Waals surface area contributed by atoms with Crippen LogP contribution in [0, 0.1) is 0 Å². The predicted molar refractivity (Wildman–Crippen MR) is 101 cm³/mol. The minimum absolute atomic E-state index is 0.138. The van der Waals surface area contributed by atoms with Crippen molar-refractivity contribution in [2.45, 2.75) is 19.4 Å². The summed E-state index contributed by atoms with van der Waals surface area (Å²) in [7, 11) is 1.62. The highest BCUT2D eigenvalue weighted by atomic mass is 16.5. The number of carbonyl (C=O) groups excluding carboxylic acids is 2. The third kappa shape index (κ3) is 4.24. The number of urea groups is 1. The summed E-state index contributed by atoms with van der Waals surface area (Å²) in [5.74, 6) is 0.963. The molecule has 144 valence electrons. The molecule has 2 heterocycles. The summed E-state index contributed by atoms with van der Waals surface area (Å²) in [4.78, 5) is 28.4. The Morgan fingerprint density at radius 2 is 1.67 bits per heavy atom. The number of carbonyl (C=O) groups is 2. The first-order valence-corrected chi connectivity index (χ1v) is 8.95. The first-order chi connectivity index (χ1) is 12.9. The van der Waals surface area contributed by atoms with Crippen LogP contribution in [-0.2, 0) is 5.54 Å². The number of hydrogen-bond donors (Lipinski definition) is 1. The number of methoxy groups -OCH3 is 1. The molecule has 1 aliphatic heterocycles. The predicted octanol–water partition coefficient (Wildman–Crippen LogP) is 2.69. The van der Waals surface area contributed by atoms with E-state index in [2.05, 4.69) is 5.32 Å². The van der Waals surface area contributed by atoms with Crippen LogP contribution in [0.15, 0.2) is 47.1 Å². The highest BCUT2D eigenvalue weighted by Crippen LogP contribution is 2.23. The van der Waals surface area contributed by atoms with Crippen molar-refractivity contribution in [3.05, 3.63) is 54.0 Å². The van der Waals surface area contributed by atoms with Gasteiger partial charge in [0, 0.05) is 26.2 Å². The molecule has 1 aromatic heterocycles. The first kappa shape index (κ1) is 18.8. The number of piperazine rings is 1. The van der Waals surface area contributed by atoms with Crippen LogP contribution in [-0.4, -0.2) is 55.0 Å². The molecule has 0 saturated carbocycles. The standard InChI is InChI=1S/C20H25N3O4/c1-20(2,15-6-8-16(26-3)9-7-15)21-19(25)23-12-10-22(11-13-23)18(24)17-5-4-14-27-17/h4-9,14H,10-13H2,1-3H3,(H,21,25). The summed E-state index contributed by atoms with van der Waals surface area (Å²) in [6.45, 7) is 5.85. The molecule has 1 aliphatic rings. The number of amides is 3.